The van der Waals surface area contributed by atoms with Crippen LogP contribution in [0.5, 0.6) is 0 Å². The molecule has 0 radical (unpaired) electrons. The number of para-hydroxylation sites is 1. The van der Waals surface area contributed by atoms with Crippen molar-refractivity contribution in [3.05, 3.63) is 64.4 Å². The third kappa shape index (κ3) is 2.37. The summed E-state index contributed by atoms with van der Waals surface area (Å²) < 4.78 is 0. The van der Waals surface area contributed by atoms with Crippen molar-refractivity contribution >= 4 is 22.8 Å². The van der Waals surface area contributed by atoms with Crippen LogP contribution in [0, 0.1) is 0 Å². The second kappa shape index (κ2) is 5.27. The number of nitrogens with zero attached hydrogens (tertiary/aromatic N) is 1. The molecule has 1 fully saturated rings. The first-order valence-corrected chi connectivity index (χ1v) is 7.71. The average molecular weight is 334 g/mol. The van der Waals surface area contributed by atoms with Gasteiger partial charge in [0.1, 0.15) is 11.4 Å². The van der Waals surface area contributed by atoms with Crippen LogP contribution in [0.4, 0.5) is 4.79 Å². The zero-order valence-corrected chi connectivity index (χ0v) is 13.3. The topological polar surface area (TPSA) is 104 Å². The quantitative estimate of drug-likeness (QED) is 0.620. The van der Waals surface area contributed by atoms with E-state index in [-0.39, 0.29) is 5.56 Å². The number of urea groups is 1. The lowest BCUT2D eigenvalue weighted by Crippen LogP contribution is -2.40. The zero-order valence-electron chi connectivity index (χ0n) is 13.3. The summed E-state index contributed by atoms with van der Waals surface area (Å²) in [5.41, 5.74) is 0.640. The molecule has 0 saturated carbocycles. The van der Waals surface area contributed by atoms with Gasteiger partial charge in [-0.15, -0.1) is 0 Å². The maximum Gasteiger partial charge on any atom is 0.322 e. The molecule has 0 spiro atoms. The van der Waals surface area contributed by atoms with Crippen LogP contribution in [0.3, 0.4) is 0 Å². The van der Waals surface area contributed by atoms with Crippen molar-refractivity contribution in [2.45, 2.75) is 12.5 Å². The Hall–Kier alpha value is -3.48. The highest BCUT2D eigenvalue weighted by Crippen LogP contribution is 2.26. The molecule has 3 N–H and O–H groups in total. The number of fused-ring (bicyclic) bond motifs is 1. The molecule has 1 aromatic heterocycles. The van der Waals surface area contributed by atoms with E-state index >= 15 is 0 Å². The lowest BCUT2D eigenvalue weighted by molar-refractivity contribution is -0.123. The molecule has 0 bridgehead atoms. The van der Waals surface area contributed by atoms with Crippen LogP contribution in [-0.2, 0) is 10.3 Å². The summed E-state index contributed by atoms with van der Waals surface area (Å²) in [6.45, 7) is 1.64. The number of H-pyrrole nitrogens is 1. The third-order valence-electron chi connectivity index (χ3n) is 4.39. The number of rotatable bonds is 2. The minimum atomic E-state index is -1.11. The molecule has 1 aliphatic heterocycles. The van der Waals surface area contributed by atoms with Crippen LogP contribution in [0.25, 0.3) is 22.3 Å². The molecule has 0 aliphatic carbocycles. The van der Waals surface area contributed by atoms with Crippen molar-refractivity contribution < 1.29 is 9.59 Å². The van der Waals surface area contributed by atoms with Gasteiger partial charge < -0.3 is 10.3 Å². The van der Waals surface area contributed by atoms with E-state index in [0.717, 1.165) is 0 Å². The lowest BCUT2D eigenvalue weighted by atomic mass is 9.91. The van der Waals surface area contributed by atoms with Crippen molar-refractivity contribution in [3.63, 3.8) is 0 Å². The number of imide groups is 1. The summed E-state index contributed by atoms with van der Waals surface area (Å²) >= 11 is 0. The number of aromatic nitrogens is 2. The summed E-state index contributed by atoms with van der Waals surface area (Å²) in [7, 11) is 0. The van der Waals surface area contributed by atoms with Crippen LogP contribution < -0.4 is 16.2 Å². The Balaban J connectivity index is 1.75. The van der Waals surface area contributed by atoms with Crippen LogP contribution in [0.2, 0.25) is 0 Å². The number of carbonyl (C=O) groups is 2. The molecule has 1 saturated heterocycles. The fourth-order valence-electron chi connectivity index (χ4n) is 2.93. The lowest BCUT2D eigenvalue weighted by Gasteiger charge is -2.21. The van der Waals surface area contributed by atoms with E-state index in [4.69, 9.17) is 0 Å². The molecular formula is C18H14N4O3. The molecule has 1 atom stereocenters. The number of aromatic amines is 1. The summed E-state index contributed by atoms with van der Waals surface area (Å²) in [4.78, 5) is 42.8. The molecule has 1 aliphatic rings. The van der Waals surface area contributed by atoms with Gasteiger partial charge in [0.25, 0.3) is 11.5 Å². The maximum absolute atomic E-state index is 12.2. The highest BCUT2D eigenvalue weighted by atomic mass is 16.2. The first-order valence-electron chi connectivity index (χ1n) is 7.71. The van der Waals surface area contributed by atoms with Gasteiger partial charge in [-0.05, 0) is 24.6 Å². The van der Waals surface area contributed by atoms with Crippen LogP contribution in [0.1, 0.15) is 12.5 Å². The van der Waals surface area contributed by atoms with E-state index in [2.05, 4.69) is 20.6 Å². The van der Waals surface area contributed by atoms with Gasteiger partial charge in [-0.25, -0.2) is 9.78 Å². The summed E-state index contributed by atoms with van der Waals surface area (Å²) in [5, 5.41) is 5.38. The van der Waals surface area contributed by atoms with E-state index in [9.17, 15) is 14.4 Å². The van der Waals surface area contributed by atoms with E-state index < -0.39 is 17.5 Å². The van der Waals surface area contributed by atoms with Crippen molar-refractivity contribution in [1.29, 1.82) is 0 Å². The summed E-state index contributed by atoms with van der Waals surface area (Å²) in [6.07, 6.45) is 0. The van der Waals surface area contributed by atoms with E-state index in [0.29, 0.717) is 27.9 Å². The fourth-order valence-corrected chi connectivity index (χ4v) is 2.93. The third-order valence-corrected chi connectivity index (χ3v) is 4.39. The maximum atomic E-state index is 12.2. The highest BCUT2D eigenvalue weighted by Gasteiger charge is 2.43. The Labute approximate surface area is 142 Å². The van der Waals surface area contributed by atoms with Crippen molar-refractivity contribution in [2.75, 3.05) is 0 Å². The average Bonchev–Trinajstić information content (AvgIpc) is 2.88. The Morgan fingerprint density at radius 2 is 1.68 bits per heavy atom. The fraction of sp³-hybridized carbons (Fsp3) is 0.111. The minimum absolute atomic E-state index is 0.209. The minimum Gasteiger partial charge on any atom is -0.320 e. The number of benzene rings is 2. The van der Waals surface area contributed by atoms with Crippen molar-refractivity contribution in [1.82, 2.24) is 20.6 Å². The zero-order chi connectivity index (χ0) is 17.6. The summed E-state index contributed by atoms with van der Waals surface area (Å²) in [5.74, 6) is 0.0443. The number of hydrogen-bond donors (Lipinski definition) is 3. The second-order valence-corrected chi connectivity index (χ2v) is 6.04. The first kappa shape index (κ1) is 15.1. The smallest absolute Gasteiger partial charge is 0.320 e. The van der Waals surface area contributed by atoms with Gasteiger partial charge in [0, 0.05) is 5.56 Å². The predicted octanol–water partition coefficient (Wildman–Crippen LogP) is 1.64. The molecule has 124 valence electrons. The molecule has 3 amide bonds. The molecule has 0 unspecified atom stereocenters. The number of nitrogens with one attached hydrogen (secondary N) is 3. The van der Waals surface area contributed by atoms with E-state index in [1.54, 1.807) is 49.4 Å². The molecule has 2 aromatic carbocycles. The number of amides is 3. The van der Waals surface area contributed by atoms with Gasteiger partial charge >= 0.3 is 6.03 Å². The molecule has 3 aromatic rings. The Bertz CT molecular complexity index is 1070. The Morgan fingerprint density at radius 3 is 2.36 bits per heavy atom. The van der Waals surface area contributed by atoms with Gasteiger partial charge in [-0.1, -0.05) is 36.4 Å². The van der Waals surface area contributed by atoms with Gasteiger partial charge in [-0.2, -0.15) is 0 Å². The molecule has 7 heteroatoms. The number of hydrogen-bond acceptors (Lipinski definition) is 4. The first-order chi connectivity index (χ1) is 12.0. The largest absolute Gasteiger partial charge is 0.322 e. The monoisotopic (exact) mass is 334 g/mol. The standard InChI is InChI=1S/C18H14N4O3/c1-18(16(24)21-17(25)22-18)11-8-6-10(7-9-11)14-19-13-5-3-2-4-12(13)15(23)20-14/h2-9H,1H3,(H,19,20,23)(H2,21,22,24,25)/t18-/m0/s1. The van der Waals surface area contributed by atoms with Crippen LogP contribution in [-0.4, -0.2) is 21.9 Å². The highest BCUT2D eigenvalue weighted by molar-refractivity contribution is 6.07. The van der Waals surface area contributed by atoms with Crippen LogP contribution in [0.15, 0.2) is 53.3 Å². The molecule has 25 heavy (non-hydrogen) atoms. The van der Waals surface area contributed by atoms with Crippen LogP contribution >= 0.6 is 0 Å². The molecule has 2 heterocycles. The van der Waals surface area contributed by atoms with Crippen molar-refractivity contribution in [3.8, 4) is 11.4 Å². The molecule has 7 nitrogen and oxygen atoms in total. The van der Waals surface area contributed by atoms with Gasteiger partial charge in [0.05, 0.1) is 10.9 Å². The normalized spacial score (nSPS) is 19.7. The van der Waals surface area contributed by atoms with E-state index in [1.807, 2.05) is 6.07 Å². The second-order valence-electron chi connectivity index (χ2n) is 6.04. The SMILES string of the molecule is C[C@@]1(c2ccc(-c3nc4ccccc4c(=O)[nH]3)cc2)NC(=O)NC1=O. The van der Waals surface area contributed by atoms with E-state index in [1.165, 1.54) is 0 Å². The number of carbonyl (C=O) groups excluding carboxylic acids is 2. The summed E-state index contributed by atoms with van der Waals surface area (Å²) in [6, 6.07) is 13.6. The predicted molar refractivity (Wildman–Crippen MR) is 91.8 cm³/mol. The van der Waals surface area contributed by atoms with Gasteiger partial charge in [0.2, 0.25) is 0 Å². The molecule has 4 rings (SSSR count). The van der Waals surface area contributed by atoms with Gasteiger partial charge in [0.15, 0.2) is 0 Å². The molecular weight excluding hydrogens is 320 g/mol. The van der Waals surface area contributed by atoms with Crippen molar-refractivity contribution in [2.24, 2.45) is 0 Å². The Kier molecular flexibility index (Phi) is 3.18. The Morgan fingerprint density at radius 1 is 0.960 bits per heavy atom. The van der Waals surface area contributed by atoms with Gasteiger partial charge in [-0.3, -0.25) is 14.9 Å².